The fourth-order valence-corrected chi connectivity index (χ4v) is 1.84. The quantitative estimate of drug-likeness (QED) is 0.803. The summed E-state index contributed by atoms with van der Waals surface area (Å²) in [5.74, 6) is 0.745. The summed E-state index contributed by atoms with van der Waals surface area (Å²) in [6.07, 6.45) is 3.30. The molecule has 0 spiro atoms. The third-order valence-corrected chi connectivity index (χ3v) is 2.70. The Labute approximate surface area is 89.3 Å². The summed E-state index contributed by atoms with van der Waals surface area (Å²) < 4.78 is 5.51. The summed E-state index contributed by atoms with van der Waals surface area (Å²) in [6.45, 7) is 4.41. The largest absolute Gasteiger partial charge is 0.389 e. The van der Waals surface area contributed by atoms with Gasteiger partial charge in [0.15, 0.2) is 5.82 Å². The van der Waals surface area contributed by atoms with Crippen molar-refractivity contribution in [1.29, 1.82) is 0 Å². The molecule has 1 aromatic heterocycles. The topological polar surface area (TPSA) is 55.2 Å². The molecule has 0 amide bonds. The second-order valence-corrected chi connectivity index (χ2v) is 3.95. The smallest absolute Gasteiger partial charge is 0.157 e. The molecule has 2 rings (SSSR count). The number of ether oxygens (including phenoxy) is 1. The van der Waals surface area contributed by atoms with E-state index in [1.165, 1.54) is 0 Å². The lowest BCUT2D eigenvalue weighted by molar-refractivity contribution is 0.104. The third kappa shape index (κ3) is 2.16. The van der Waals surface area contributed by atoms with E-state index in [4.69, 9.17) is 4.74 Å². The first-order chi connectivity index (χ1) is 7.18. The molecule has 4 heteroatoms. The maximum absolute atomic E-state index is 9.45. The van der Waals surface area contributed by atoms with Crippen molar-refractivity contribution in [3.63, 3.8) is 0 Å². The van der Waals surface area contributed by atoms with E-state index >= 15 is 0 Å². The van der Waals surface area contributed by atoms with Crippen LogP contribution in [0, 0.1) is 6.92 Å². The van der Waals surface area contributed by atoms with Gasteiger partial charge in [0.1, 0.15) is 6.10 Å². The fraction of sp³-hybridized carbons (Fsp3) is 0.636. The molecule has 4 nitrogen and oxygen atoms in total. The highest BCUT2D eigenvalue weighted by Gasteiger charge is 2.21. The lowest BCUT2D eigenvalue weighted by Gasteiger charge is -2.12. The van der Waals surface area contributed by atoms with Crippen molar-refractivity contribution in [3.8, 4) is 0 Å². The number of aryl methyl sites for hydroxylation is 1. The molecule has 0 radical (unpaired) electrons. The Bertz CT molecular complexity index is 346. The lowest BCUT2D eigenvalue weighted by atomic mass is 10.1. The molecule has 1 saturated heterocycles. The first kappa shape index (κ1) is 10.5. The van der Waals surface area contributed by atoms with Gasteiger partial charge in [-0.3, -0.25) is 0 Å². The molecule has 1 aromatic rings. The van der Waals surface area contributed by atoms with Gasteiger partial charge in [-0.15, -0.1) is 0 Å². The van der Waals surface area contributed by atoms with Crippen molar-refractivity contribution < 1.29 is 9.84 Å². The lowest BCUT2D eigenvalue weighted by Crippen LogP contribution is -2.07. The molecule has 15 heavy (non-hydrogen) atoms. The Kier molecular flexibility index (Phi) is 2.98. The monoisotopic (exact) mass is 208 g/mol. The molecule has 1 N–H and O–H groups in total. The van der Waals surface area contributed by atoms with Crippen molar-refractivity contribution in [1.82, 2.24) is 9.97 Å². The average Bonchev–Trinajstić information content (AvgIpc) is 2.69. The van der Waals surface area contributed by atoms with Crippen LogP contribution in [-0.4, -0.2) is 21.7 Å². The number of rotatable bonds is 2. The summed E-state index contributed by atoms with van der Waals surface area (Å²) in [5.41, 5.74) is 1.63. The number of aliphatic hydroxyl groups is 1. The van der Waals surface area contributed by atoms with E-state index in [0.717, 1.165) is 36.5 Å². The van der Waals surface area contributed by atoms with Crippen molar-refractivity contribution in [2.24, 2.45) is 0 Å². The van der Waals surface area contributed by atoms with E-state index in [1.807, 2.05) is 6.92 Å². The highest BCUT2D eigenvalue weighted by atomic mass is 16.5. The van der Waals surface area contributed by atoms with E-state index in [-0.39, 0.29) is 6.10 Å². The minimum absolute atomic E-state index is 0.0479. The van der Waals surface area contributed by atoms with Gasteiger partial charge in [-0.2, -0.15) is 0 Å². The highest BCUT2D eigenvalue weighted by Crippen LogP contribution is 2.26. The van der Waals surface area contributed by atoms with Crippen LogP contribution < -0.4 is 0 Å². The predicted octanol–water partition coefficient (Wildman–Crippen LogP) is 1.69. The number of hydrogen-bond acceptors (Lipinski definition) is 4. The molecule has 1 unspecified atom stereocenters. The van der Waals surface area contributed by atoms with E-state index in [9.17, 15) is 5.11 Å². The van der Waals surface area contributed by atoms with Crippen LogP contribution >= 0.6 is 0 Å². The molecule has 1 aliphatic heterocycles. The molecular weight excluding hydrogens is 192 g/mol. The van der Waals surface area contributed by atoms with Crippen molar-refractivity contribution >= 4 is 0 Å². The van der Waals surface area contributed by atoms with Crippen LogP contribution in [0.5, 0.6) is 0 Å². The van der Waals surface area contributed by atoms with Gasteiger partial charge < -0.3 is 9.84 Å². The second-order valence-electron chi connectivity index (χ2n) is 3.95. The number of aliphatic hydroxyl groups excluding tert-OH is 1. The third-order valence-electron chi connectivity index (χ3n) is 2.70. The van der Waals surface area contributed by atoms with Gasteiger partial charge >= 0.3 is 0 Å². The van der Waals surface area contributed by atoms with Crippen LogP contribution in [0.15, 0.2) is 6.20 Å². The normalized spacial score (nSPS) is 23.0. The molecule has 0 aliphatic carbocycles. The summed E-state index contributed by atoms with van der Waals surface area (Å²) >= 11 is 0. The Morgan fingerprint density at radius 3 is 2.93 bits per heavy atom. The second kappa shape index (κ2) is 4.24. The minimum Gasteiger partial charge on any atom is -0.389 e. The summed E-state index contributed by atoms with van der Waals surface area (Å²) in [6, 6.07) is 0. The van der Waals surface area contributed by atoms with Crippen LogP contribution in [0.2, 0.25) is 0 Å². The standard InChI is InChI=1S/C11H16N2O2/c1-7-9(8(2)14)6-12-11(13-7)10-4-3-5-15-10/h6,8,10,14H,3-5H2,1-2H3/t8-,10?/m1/s1. The van der Waals surface area contributed by atoms with Crippen LogP contribution in [0.25, 0.3) is 0 Å². The molecule has 2 atom stereocenters. The van der Waals surface area contributed by atoms with Crippen LogP contribution in [0.4, 0.5) is 0 Å². The maximum atomic E-state index is 9.45. The van der Waals surface area contributed by atoms with Crippen LogP contribution in [-0.2, 0) is 4.74 Å². The first-order valence-corrected chi connectivity index (χ1v) is 5.31. The minimum atomic E-state index is -0.511. The molecule has 82 valence electrons. The average molecular weight is 208 g/mol. The molecule has 0 aromatic carbocycles. The van der Waals surface area contributed by atoms with Gasteiger partial charge in [-0.25, -0.2) is 9.97 Å². The van der Waals surface area contributed by atoms with Crippen molar-refractivity contribution in [2.45, 2.75) is 38.9 Å². The van der Waals surface area contributed by atoms with E-state index < -0.39 is 6.10 Å². The van der Waals surface area contributed by atoms with Gasteiger partial charge in [-0.1, -0.05) is 0 Å². The number of hydrogen-bond donors (Lipinski definition) is 1. The van der Waals surface area contributed by atoms with Gasteiger partial charge in [0.05, 0.1) is 6.10 Å². The highest BCUT2D eigenvalue weighted by molar-refractivity contribution is 5.19. The van der Waals surface area contributed by atoms with E-state index in [1.54, 1.807) is 13.1 Å². The Balaban J connectivity index is 2.24. The number of nitrogens with zero attached hydrogens (tertiary/aromatic N) is 2. The summed E-state index contributed by atoms with van der Waals surface area (Å²) in [7, 11) is 0. The van der Waals surface area contributed by atoms with E-state index in [0.29, 0.717) is 0 Å². The van der Waals surface area contributed by atoms with Gasteiger partial charge in [-0.05, 0) is 26.7 Å². The molecule has 1 fully saturated rings. The zero-order valence-corrected chi connectivity index (χ0v) is 9.10. The molecular formula is C11H16N2O2. The van der Waals surface area contributed by atoms with E-state index in [2.05, 4.69) is 9.97 Å². The van der Waals surface area contributed by atoms with Crippen molar-refractivity contribution in [3.05, 3.63) is 23.3 Å². The molecule has 1 aliphatic rings. The summed E-state index contributed by atoms with van der Waals surface area (Å²) in [4.78, 5) is 8.63. The fourth-order valence-electron chi connectivity index (χ4n) is 1.84. The first-order valence-electron chi connectivity index (χ1n) is 5.31. The predicted molar refractivity (Wildman–Crippen MR) is 55.3 cm³/mol. The Hall–Kier alpha value is -1.00. The molecule has 2 heterocycles. The zero-order valence-electron chi connectivity index (χ0n) is 9.10. The van der Waals surface area contributed by atoms with Gasteiger partial charge in [0, 0.05) is 24.1 Å². The van der Waals surface area contributed by atoms with Gasteiger partial charge in [0.2, 0.25) is 0 Å². The molecule has 0 saturated carbocycles. The van der Waals surface area contributed by atoms with Gasteiger partial charge in [0.25, 0.3) is 0 Å². The maximum Gasteiger partial charge on any atom is 0.157 e. The SMILES string of the molecule is Cc1nc(C2CCCO2)ncc1[C@@H](C)O. The zero-order chi connectivity index (χ0) is 10.8. The number of aromatic nitrogens is 2. The summed E-state index contributed by atoms with van der Waals surface area (Å²) in [5, 5.41) is 9.45. The molecule has 0 bridgehead atoms. The van der Waals surface area contributed by atoms with Crippen LogP contribution in [0.1, 0.15) is 49.1 Å². The Morgan fingerprint density at radius 1 is 1.60 bits per heavy atom. The van der Waals surface area contributed by atoms with Crippen molar-refractivity contribution in [2.75, 3.05) is 6.61 Å². The van der Waals surface area contributed by atoms with Crippen LogP contribution in [0.3, 0.4) is 0 Å². The Morgan fingerprint density at radius 2 is 2.40 bits per heavy atom.